The molecule has 10 aromatic rings. The Labute approximate surface area is 393 Å². The highest BCUT2D eigenvalue weighted by atomic mass is 16.6. The Balaban J connectivity index is 1.11. The molecule has 0 aromatic heterocycles. The minimum Gasteiger partial charge on any atom is -0.450 e. The van der Waals surface area contributed by atoms with Crippen molar-refractivity contribution in [2.45, 2.75) is 27.7 Å². The molecule has 319 valence electrons. The summed E-state index contributed by atoms with van der Waals surface area (Å²) in [6.07, 6.45) is 0. The van der Waals surface area contributed by atoms with Gasteiger partial charge in [-0.15, -0.1) is 0 Å². The number of fused-ring (bicyclic) bond motifs is 5. The quantitative estimate of drug-likeness (QED) is 0.162. The lowest BCUT2D eigenvalue weighted by Crippen LogP contribution is -2.41. The number of nitrogens with zero attached hydrogens (tertiary/aromatic N) is 1. The van der Waals surface area contributed by atoms with E-state index in [0.29, 0.717) is 23.0 Å². The number of anilines is 5. The van der Waals surface area contributed by atoms with Crippen LogP contribution in [0.3, 0.4) is 0 Å². The second kappa shape index (κ2) is 16.3. The number of aryl methyl sites for hydroxylation is 4. The molecule has 1 radical (unpaired) electrons. The smallest absolute Gasteiger partial charge is 0.198 e. The zero-order valence-electron chi connectivity index (χ0n) is 37.9. The van der Waals surface area contributed by atoms with E-state index in [2.05, 4.69) is 221 Å². The van der Waals surface area contributed by atoms with Crippen LogP contribution in [0.2, 0.25) is 0 Å². The minimum atomic E-state index is 0.679. The van der Waals surface area contributed by atoms with Gasteiger partial charge in [-0.3, -0.25) is 0 Å². The Morgan fingerprint density at radius 3 is 1.66 bits per heavy atom. The maximum absolute atomic E-state index is 6.62. The highest BCUT2D eigenvalue weighted by molar-refractivity contribution is 6.73. The molecule has 12 rings (SSSR count). The van der Waals surface area contributed by atoms with E-state index in [4.69, 9.17) is 9.47 Å². The van der Waals surface area contributed by atoms with Gasteiger partial charge in [-0.1, -0.05) is 138 Å². The van der Waals surface area contributed by atoms with Crippen molar-refractivity contribution >= 4 is 57.4 Å². The second-order valence-corrected chi connectivity index (χ2v) is 17.9. The molecule has 2 heterocycles. The van der Waals surface area contributed by atoms with Crippen LogP contribution in [0, 0.1) is 27.7 Å². The van der Waals surface area contributed by atoms with Crippen molar-refractivity contribution in [3.05, 3.63) is 222 Å². The van der Waals surface area contributed by atoms with Crippen LogP contribution >= 0.6 is 0 Å². The molecule has 0 fully saturated rings. The molecule has 0 spiro atoms. The number of ether oxygens (including phenoxy) is 2. The molecular formula is C62H46BN2O2. The van der Waals surface area contributed by atoms with Gasteiger partial charge in [-0.05, 0) is 166 Å². The topological polar surface area (TPSA) is 33.7 Å². The number of hydrogen-bond acceptors (Lipinski definition) is 4. The molecule has 0 unspecified atom stereocenters. The molecule has 0 atom stereocenters. The van der Waals surface area contributed by atoms with Crippen molar-refractivity contribution < 1.29 is 9.47 Å². The molecule has 0 saturated carbocycles. The van der Waals surface area contributed by atoms with E-state index in [1.807, 2.05) is 24.3 Å². The first-order valence-corrected chi connectivity index (χ1v) is 23.0. The summed E-state index contributed by atoms with van der Waals surface area (Å²) in [4.78, 5) is 2.45. The van der Waals surface area contributed by atoms with Crippen LogP contribution in [0.15, 0.2) is 200 Å². The molecule has 0 amide bonds. The lowest BCUT2D eigenvalue weighted by atomic mass is 9.57. The zero-order valence-corrected chi connectivity index (χ0v) is 37.9. The van der Waals surface area contributed by atoms with Crippen molar-refractivity contribution in [2.75, 3.05) is 10.2 Å². The number of rotatable bonds is 7. The van der Waals surface area contributed by atoms with Crippen LogP contribution in [0.5, 0.6) is 23.0 Å². The van der Waals surface area contributed by atoms with E-state index in [9.17, 15) is 0 Å². The van der Waals surface area contributed by atoms with Gasteiger partial charge < -0.3 is 19.7 Å². The average molecular weight is 862 g/mol. The third kappa shape index (κ3) is 7.30. The molecule has 67 heavy (non-hydrogen) atoms. The first-order chi connectivity index (χ1) is 32.8. The van der Waals surface area contributed by atoms with Crippen LogP contribution in [0.25, 0.3) is 55.3 Å². The standard InChI is InChI=1S/C62H46BN2O2/c1-38-29-40(3)61(41(4)30-38)48-33-51(50-32-45-19-11-12-20-46(45)34-53(50)64-49-26-23-44(24-27-49)42-15-7-5-8-16-42)62-56(35-48)65(54-28-25-47(31-39(54)2)43-17-9-6-10-18-43)55-37-60-59(36-52(55)63-62)66-57-21-13-14-22-58(57)67-60/h5-37,64H,1-4H3. The maximum atomic E-state index is 6.62. The van der Waals surface area contributed by atoms with Gasteiger partial charge in [0, 0.05) is 40.1 Å². The Bertz CT molecular complexity index is 3540. The Hall–Kier alpha value is -8.28. The summed E-state index contributed by atoms with van der Waals surface area (Å²) in [5, 5.41) is 6.25. The normalized spacial score (nSPS) is 12.2. The van der Waals surface area contributed by atoms with Crippen LogP contribution in [0.4, 0.5) is 28.4 Å². The fourth-order valence-electron chi connectivity index (χ4n) is 10.2. The second-order valence-electron chi connectivity index (χ2n) is 17.9. The highest BCUT2D eigenvalue weighted by Gasteiger charge is 2.33. The molecule has 10 aromatic carbocycles. The summed E-state index contributed by atoms with van der Waals surface area (Å²) < 4.78 is 13.2. The molecule has 1 N–H and O–H groups in total. The summed E-state index contributed by atoms with van der Waals surface area (Å²) in [5.41, 5.74) is 21.6. The first-order valence-electron chi connectivity index (χ1n) is 23.0. The molecule has 4 nitrogen and oxygen atoms in total. The van der Waals surface area contributed by atoms with E-state index in [0.717, 1.165) is 61.6 Å². The number of hydrogen-bond donors (Lipinski definition) is 1. The van der Waals surface area contributed by atoms with E-state index < -0.39 is 0 Å². The van der Waals surface area contributed by atoms with Crippen molar-refractivity contribution in [3.63, 3.8) is 0 Å². The van der Waals surface area contributed by atoms with Crippen LogP contribution in [-0.4, -0.2) is 7.28 Å². The zero-order chi connectivity index (χ0) is 45.2. The largest absolute Gasteiger partial charge is 0.450 e. The summed E-state index contributed by atoms with van der Waals surface area (Å²) in [5.74, 6) is 2.77. The Kier molecular flexibility index (Phi) is 9.80. The molecule has 5 heteroatoms. The number of nitrogens with one attached hydrogen (secondary N) is 1. The van der Waals surface area contributed by atoms with Gasteiger partial charge in [-0.2, -0.15) is 0 Å². The van der Waals surface area contributed by atoms with Crippen molar-refractivity contribution in [1.82, 2.24) is 0 Å². The Morgan fingerprint density at radius 1 is 0.403 bits per heavy atom. The van der Waals surface area contributed by atoms with Crippen LogP contribution < -0.4 is 30.6 Å². The molecule has 0 bridgehead atoms. The average Bonchev–Trinajstić information content (AvgIpc) is 3.35. The Morgan fingerprint density at radius 2 is 0.985 bits per heavy atom. The third-order valence-electron chi connectivity index (χ3n) is 13.3. The summed E-state index contributed by atoms with van der Waals surface area (Å²) in [7, 11) is 2.35. The lowest BCUT2D eigenvalue weighted by Gasteiger charge is -2.37. The minimum absolute atomic E-state index is 0.679. The first kappa shape index (κ1) is 40.3. The van der Waals surface area contributed by atoms with E-state index in [-0.39, 0.29) is 0 Å². The van der Waals surface area contributed by atoms with Gasteiger partial charge in [-0.25, -0.2) is 0 Å². The van der Waals surface area contributed by atoms with Gasteiger partial charge in [0.05, 0.1) is 0 Å². The third-order valence-corrected chi connectivity index (χ3v) is 13.3. The fraction of sp³-hybridized carbons (Fsp3) is 0.0645. The van der Waals surface area contributed by atoms with Crippen LogP contribution in [-0.2, 0) is 0 Å². The molecule has 0 aliphatic carbocycles. The summed E-state index contributed by atoms with van der Waals surface area (Å²) in [6.45, 7) is 8.89. The van der Waals surface area contributed by atoms with Gasteiger partial charge in [0.25, 0.3) is 0 Å². The van der Waals surface area contributed by atoms with E-state index >= 15 is 0 Å². The molecular weight excluding hydrogens is 816 g/mol. The monoisotopic (exact) mass is 861 g/mol. The van der Waals surface area contributed by atoms with E-state index in [1.165, 1.54) is 55.3 Å². The van der Waals surface area contributed by atoms with E-state index in [1.54, 1.807) is 0 Å². The SMILES string of the molecule is Cc1cc(C)c(-c2cc(-c3cc4ccccc4cc3Nc3ccc(-c4ccccc4)cc3)c3c(c2)N(c2ccc(-c4ccccc4)cc2C)c2cc4c(cc2[B]3)Oc2ccccc2O4)c(C)c1. The summed E-state index contributed by atoms with van der Waals surface area (Å²) in [6, 6.07) is 71.7. The van der Waals surface area contributed by atoms with Gasteiger partial charge in [0.1, 0.15) is 0 Å². The highest BCUT2D eigenvalue weighted by Crippen LogP contribution is 2.50. The van der Waals surface area contributed by atoms with Gasteiger partial charge in [0.2, 0.25) is 0 Å². The fourth-order valence-corrected chi connectivity index (χ4v) is 10.2. The predicted octanol–water partition coefficient (Wildman–Crippen LogP) is 15.8. The van der Waals surface area contributed by atoms with Gasteiger partial charge >= 0.3 is 0 Å². The molecule has 2 aliphatic heterocycles. The maximum Gasteiger partial charge on any atom is 0.198 e. The van der Waals surface area contributed by atoms with Crippen molar-refractivity contribution in [2.24, 2.45) is 0 Å². The lowest BCUT2D eigenvalue weighted by molar-refractivity contribution is 0.360. The number of para-hydroxylation sites is 2. The molecule has 0 saturated heterocycles. The van der Waals surface area contributed by atoms with Gasteiger partial charge in [0.15, 0.2) is 30.3 Å². The van der Waals surface area contributed by atoms with Crippen molar-refractivity contribution in [3.8, 4) is 67.5 Å². The predicted molar refractivity (Wildman–Crippen MR) is 281 cm³/mol. The van der Waals surface area contributed by atoms with Crippen LogP contribution in [0.1, 0.15) is 22.3 Å². The molecule has 2 aliphatic rings. The number of benzene rings is 10. The van der Waals surface area contributed by atoms with Crippen molar-refractivity contribution in [1.29, 1.82) is 0 Å². The summed E-state index contributed by atoms with van der Waals surface area (Å²) >= 11 is 0.